The van der Waals surface area contributed by atoms with Crippen molar-refractivity contribution in [3.63, 3.8) is 0 Å². The summed E-state index contributed by atoms with van der Waals surface area (Å²) in [6, 6.07) is 19.2. The van der Waals surface area contributed by atoms with Gasteiger partial charge in [0.15, 0.2) is 0 Å². The average Bonchev–Trinajstić information content (AvgIpc) is 3.12. The van der Waals surface area contributed by atoms with Crippen LogP contribution in [0.15, 0.2) is 77.8 Å². The van der Waals surface area contributed by atoms with Crippen LogP contribution in [-0.2, 0) is 10.1 Å². The average molecular weight is 492 g/mol. The van der Waals surface area contributed by atoms with Crippen molar-refractivity contribution in [3.8, 4) is 17.0 Å². The lowest BCUT2D eigenvalue weighted by molar-refractivity contribution is 0.302. The number of rotatable bonds is 7. The molecule has 2 aromatic carbocycles. The predicted molar refractivity (Wildman–Crippen MR) is 141 cm³/mol. The smallest absolute Gasteiger partial charge is 0.339 e. The molecule has 1 N–H and O–H groups in total. The molecule has 0 saturated heterocycles. The van der Waals surface area contributed by atoms with Gasteiger partial charge in [0.25, 0.3) is 0 Å². The zero-order valence-corrected chi connectivity index (χ0v) is 22.0. The highest BCUT2D eigenvalue weighted by Crippen LogP contribution is 2.36. The topological polar surface area (TPSA) is 72.7 Å². The van der Waals surface area contributed by atoms with E-state index in [0.717, 1.165) is 34.7 Å². The summed E-state index contributed by atoms with van der Waals surface area (Å²) in [6.07, 6.45) is 2.94. The molecule has 0 aliphatic carbocycles. The number of nitrogens with zero attached hydrogens (tertiary/aromatic N) is 2. The normalized spacial score (nSPS) is 12.6. The van der Waals surface area contributed by atoms with Crippen molar-refractivity contribution in [1.82, 2.24) is 9.38 Å². The Morgan fingerprint density at radius 3 is 2.34 bits per heavy atom. The number of aromatic nitrogens is 2. The molecule has 0 aliphatic heterocycles. The van der Waals surface area contributed by atoms with E-state index in [-0.39, 0.29) is 21.6 Å². The quantitative estimate of drug-likeness (QED) is 0.291. The second kappa shape index (κ2) is 9.04. The highest BCUT2D eigenvalue weighted by atomic mass is 32.2. The minimum atomic E-state index is -3.94. The van der Waals surface area contributed by atoms with Crippen LogP contribution >= 0.6 is 0 Å². The molecule has 2 aromatic heterocycles. The molecule has 0 amide bonds. The first kappa shape index (κ1) is 24.8. The van der Waals surface area contributed by atoms with Crippen molar-refractivity contribution in [2.45, 2.75) is 58.4 Å². The minimum Gasteiger partial charge on any atom is -0.379 e. The van der Waals surface area contributed by atoms with Crippen molar-refractivity contribution < 1.29 is 12.6 Å². The van der Waals surface area contributed by atoms with E-state index in [1.54, 1.807) is 36.4 Å². The zero-order valence-electron chi connectivity index (χ0n) is 21.2. The van der Waals surface area contributed by atoms with Crippen molar-refractivity contribution in [2.24, 2.45) is 5.41 Å². The molecule has 0 spiro atoms. The van der Waals surface area contributed by atoms with E-state index in [2.05, 4.69) is 44.3 Å². The van der Waals surface area contributed by atoms with E-state index in [1.807, 2.05) is 31.3 Å². The molecular weight excluding hydrogens is 458 g/mol. The first-order valence-electron chi connectivity index (χ1n) is 11.7. The van der Waals surface area contributed by atoms with Gasteiger partial charge in [-0.25, -0.2) is 4.98 Å². The van der Waals surface area contributed by atoms with Gasteiger partial charge in [-0.1, -0.05) is 57.2 Å². The molecule has 7 heteroatoms. The first-order valence-corrected chi connectivity index (χ1v) is 13.1. The zero-order chi connectivity index (χ0) is 25.4. The summed E-state index contributed by atoms with van der Waals surface area (Å²) in [4.78, 5) is 5.07. The number of fused-ring (bicyclic) bond motifs is 1. The largest absolute Gasteiger partial charge is 0.379 e. The summed E-state index contributed by atoms with van der Waals surface area (Å²) in [5, 5.41) is 3.73. The molecule has 4 rings (SSSR count). The lowest BCUT2D eigenvalue weighted by Gasteiger charge is -2.34. The Morgan fingerprint density at radius 2 is 1.66 bits per heavy atom. The molecule has 35 heavy (non-hydrogen) atoms. The molecule has 4 aromatic rings. The third-order valence-corrected chi connectivity index (χ3v) is 6.88. The van der Waals surface area contributed by atoms with Gasteiger partial charge >= 0.3 is 10.1 Å². The Bertz CT molecular complexity index is 1450. The molecule has 0 atom stereocenters. The van der Waals surface area contributed by atoms with E-state index in [1.165, 1.54) is 12.1 Å². The third kappa shape index (κ3) is 5.68. The van der Waals surface area contributed by atoms with Crippen LogP contribution in [0.3, 0.4) is 0 Å². The maximum atomic E-state index is 12.8. The van der Waals surface area contributed by atoms with Crippen LogP contribution < -0.4 is 9.50 Å². The number of hydrogen-bond donors (Lipinski definition) is 1. The van der Waals surface area contributed by atoms with Gasteiger partial charge in [-0.05, 0) is 68.5 Å². The monoisotopic (exact) mass is 491 g/mol. The SMILES string of the molecule is Cc1cccn2c(NC(C)(C)CC(C)(C)C)c(-c3cccc(OS(=O)(=O)c4ccccc4)c3)nc12. The Labute approximate surface area is 208 Å². The van der Waals surface area contributed by atoms with Crippen molar-refractivity contribution in [1.29, 1.82) is 0 Å². The third-order valence-electron chi connectivity index (χ3n) is 5.62. The summed E-state index contributed by atoms with van der Waals surface area (Å²) >= 11 is 0. The number of nitrogens with one attached hydrogen (secondary N) is 1. The van der Waals surface area contributed by atoms with E-state index in [0.29, 0.717) is 0 Å². The van der Waals surface area contributed by atoms with Crippen LogP contribution in [0, 0.1) is 12.3 Å². The van der Waals surface area contributed by atoms with Crippen LogP contribution in [0.5, 0.6) is 5.75 Å². The molecule has 0 unspecified atom stereocenters. The lowest BCUT2D eigenvalue weighted by atomic mass is 9.82. The summed E-state index contributed by atoms with van der Waals surface area (Å²) in [5.41, 5.74) is 3.32. The maximum Gasteiger partial charge on any atom is 0.339 e. The van der Waals surface area contributed by atoms with Crippen LogP contribution in [-0.4, -0.2) is 23.3 Å². The molecule has 0 bridgehead atoms. The fourth-order valence-electron chi connectivity index (χ4n) is 4.67. The summed E-state index contributed by atoms with van der Waals surface area (Å²) in [5.74, 6) is 1.10. The van der Waals surface area contributed by atoms with E-state index >= 15 is 0 Å². The van der Waals surface area contributed by atoms with Gasteiger partial charge in [0.1, 0.15) is 27.8 Å². The molecule has 2 heterocycles. The molecule has 184 valence electrons. The van der Waals surface area contributed by atoms with Crippen LogP contribution in [0.2, 0.25) is 0 Å². The molecule has 0 fully saturated rings. The number of pyridine rings is 1. The molecule has 0 radical (unpaired) electrons. The lowest BCUT2D eigenvalue weighted by Crippen LogP contribution is -2.36. The summed E-state index contributed by atoms with van der Waals surface area (Å²) < 4.78 is 33.1. The van der Waals surface area contributed by atoms with Crippen molar-refractivity contribution in [3.05, 3.63) is 78.5 Å². The number of imidazole rings is 1. The summed E-state index contributed by atoms with van der Waals surface area (Å²) in [6.45, 7) is 13.1. The second-order valence-electron chi connectivity index (χ2n) is 10.8. The summed E-state index contributed by atoms with van der Waals surface area (Å²) in [7, 11) is -3.94. The van der Waals surface area contributed by atoms with E-state index in [9.17, 15) is 8.42 Å². The fourth-order valence-corrected chi connectivity index (χ4v) is 5.62. The molecule has 6 nitrogen and oxygen atoms in total. The standard InChI is InChI=1S/C28H33N3O3S/c1-20-12-11-17-31-25(20)29-24(26(31)30-28(5,6)19-27(2,3)4)21-13-10-14-22(18-21)34-35(32,33)23-15-8-7-9-16-23/h7-18,30H,19H2,1-6H3. The van der Waals surface area contributed by atoms with Crippen molar-refractivity contribution >= 4 is 21.6 Å². The number of benzene rings is 2. The minimum absolute atomic E-state index is 0.111. The molecule has 0 saturated carbocycles. The van der Waals surface area contributed by atoms with Crippen LogP contribution in [0.25, 0.3) is 16.9 Å². The Hall–Kier alpha value is -3.32. The molecular formula is C28H33N3O3S. The van der Waals surface area contributed by atoms with Gasteiger partial charge in [-0.3, -0.25) is 4.40 Å². The number of hydrogen-bond acceptors (Lipinski definition) is 5. The maximum absolute atomic E-state index is 12.8. The first-order chi connectivity index (χ1) is 16.3. The van der Waals surface area contributed by atoms with Gasteiger partial charge in [0.05, 0.1) is 0 Å². The Morgan fingerprint density at radius 1 is 0.943 bits per heavy atom. The van der Waals surface area contributed by atoms with Gasteiger partial charge in [0.2, 0.25) is 0 Å². The van der Waals surface area contributed by atoms with Gasteiger partial charge in [-0.15, -0.1) is 0 Å². The fraction of sp³-hybridized carbons (Fsp3) is 0.321. The van der Waals surface area contributed by atoms with Crippen LogP contribution in [0.1, 0.15) is 46.6 Å². The molecule has 0 aliphatic rings. The van der Waals surface area contributed by atoms with Gasteiger partial charge < -0.3 is 9.50 Å². The predicted octanol–water partition coefficient (Wildman–Crippen LogP) is 6.70. The van der Waals surface area contributed by atoms with Gasteiger partial charge in [-0.2, -0.15) is 8.42 Å². The van der Waals surface area contributed by atoms with Gasteiger partial charge in [0, 0.05) is 17.3 Å². The highest BCUT2D eigenvalue weighted by Gasteiger charge is 2.28. The number of aryl methyl sites for hydroxylation is 1. The van der Waals surface area contributed by atoms with E-state index in [4.69, 9.17) is 9.17 Å². The second-order valence-corrected chi connectivity index (χ2v) is 12.4. The highest BCUT2D eigenvalue weighted by molar-refractivity contribution is 7.87. The number of anilines is 1. The van der Waals surface area contributed by atoms with Crippen molar-refractivity contribution in [2.75, 3.05) is 5.32 Å². The van der Waals surface area contributed by atoms with E-state index < -0.39 is 10.1 Å². The Kier molecular flexibility index (Phi) is 6.40. The van der Waals surface area contributed by atoms with Crippen LogP contribution in [0.4, 0.5) is 5.82 Å². The Balaban J connectivity index is 1.77.